The fraction of sp³-hybridized carbons (Fsp3) is 0.500. The zero-order valence-corrected chi connectivity index (χ0v) is 17.4. The van der Waals surface area contributed by atoms with Crippen LogP contribution in [0.4, 0.5) is 17.6 Å². The van der Waals surface area contributed by atoms with E-state index in [0.29, 0.717) is 62.7 Å². The van der Waals surface area contributed by atoms with Crippen molar-refractivity contribution in [1.29, 1.82) is 0 Å². The minimum atomic E-state index is -0.319. The molecule has 0 aromatic carbocycles. The van der Waals surface area contributed by atoms with Crippen LogP contribution in [0, 0.1) is 13.8 Å². The second-order valence-electron chi connectivity index (χ2n) is 7.05. The molecule has 156 valence electrons. The molecule has 0 saturated carbocycles. The lowest BCUT2D eigenvalue weighted by atomic mass is 10.2. The van der Waals surface area contributed by atoms with Gasteiger partial charge in [0.25, 0.3) is 5.91 Å². The van der Waals surface area contributed by atoms with Crippen LogP contribution in [0.1, 0.15) is 21.7 Å². The first-order chi connectivity index (χ1) is 14.0. The predicted molar refractivity (Wildman–Crippen MR) is 112 cm³/mol. The molecule has 0 radical (unpaired) electrons. The Balaban J connectivity index is 1.89. The number of nitrogens with one attached hydrogen (secondary N) is 1. The molecule has 9 nitrogen and oxygen atoms in total. The molecule has 1 saturated heterocycles. The SMILES string of the molecule is COCCN(C)c1cc(C(=O)Nc2cc(C)cc(C)n2)nc(N2CCOCC2)n1. The number of anilines is 3. The van der Waals surface area contributed by atoms with Crippen LogP contribution in [0.25, 0.3) is 0 Å². The summed E-state index contributed by atoms with van der Waals surface area (Å²) < 4.78 is 10.6. The molecule has 1 fully saturated rings. The summed E-state index contributed by atoms with van der Waals surface area (Å²) in [6, 6.07) is 5.48. The van der Waals surface area contributed by atoms with Gasteiger partial charge < -0.3 is 24.6 Å². The number of rotatable bonds is 7. The molecule has 2 aromatic heterocycles. The second kappa shape index (κ2) is 9.62. The first-order valence-electron chi connectivity index (χ1n) is 9.65. The summed E-state index contributed by atoms with van der Waals surface area (Å²) in [5.41, 5.74) is 2.17. The first kappa shape index (κ1) is 20.9. The normalized spacial score (nSPS) is 14.0. The Kier molecular flexibility index (Phi) is 6.95. The molecule has 0 atom stereocenters. The number of aryl methyl sites for hydroxylation is 2. The van der Waals surface area contributed by atoms with Gasteiger partial charge in [-0.3, -0.25) is 4.79 Å². The quantitative estimate of drug-likeness (QED) is 0.750. The molecule has 1 aliphatic heterocycles. The molecule has 2 aromatic rings. The van der Waals surface area contributed by atoms with Gasteiger partial charge in [-0.25, -0.2) is 9.97 Å². The molecule has 29 heavy (non-hydrogen) atoms. The molecule has 0 aliphatic carbocycles. The van der Waals surface area contributed by atoms with E-state index in [-0.39, 0.29) is 5.91 Å². The molecule has 1 amide bonds. The van der Waals surface area contributed by atoms with Gasteiger partial charge in [-0.1, -0.05) is 0 Å². The monoisotopic (exact) mass is 400 g/mol. The Labute approximate surface area is 171 Å². The van der Waals surface area contributed by atoms with Crippen molar-refractivity contribution in [1.82, 2.24) is 15.0 Å². The van der Waals surface area contributed by atoms with Gasteiger partial charge in [0.2, 0.25) is 5.95 Å². The van der Waals surface area contributed by atoms with Gasteiger partial charge in [-0.2, -0.15) is 4.98 Å². The van der Waals surface area contributed by atoms with Crippen LogP contribution < -0.4 is 15.1 Å². The largest absolute Gasteiger partial charge is 0.383 e. The van der Waals surface area contributed by atoms with E-state index >= 15 is 0 Å². The maximum atomic E-state index is 12.9. The zero-order chi connectivity index (χ0) is 20.8. The molecular formula is C20H28N6O3. The molecule has 3 heterocycles. The van der Waals surface area contributed by atoms with Gasteiger partial charge in [0.1, 0.15) is 17.3 Å². The van der Waals surface area contributed by atoms with Gasteiger partial charge in [-0.05, 0) is 31.5 Å². The molecule has 0 bridgehead atoms. The number of likely N-dealkylation sites (N-methyl/N-ethyl adjacent to an activating group) is 1. The number of nitrogens with zero attached hydrogens (tertiary/aromatic N) is 5. The van der Waals surface area contributed by atoms with Crippen LogP contribution in [-0.2, 0) is 9.47 Å². The molecule has 9 heteroatoms. The van der Waals surface area contributed by atoms with Crippen molar-refractivity contribution in [3.63, 3.8) is 0 Å². The highest BCUT2D eigenvalue weighted by Crippen LogP contribution is 2.19. The van der Waals surface area contributed by atoms with Crippen molar-refractivity contribution in [2.45, 2.75) is 13.8 Å². The maximum absolute atomic E-state index is 12.9. The lowest BCUT2D eigenvalue weighted by Crippen LogP contribution is -2.38. The lowest BCUT2D eigenvalue weighted by molar-refractivity contribution is 0.102. The number of hydrogen-bond donors (Lipinski definition) is 1. The van der Waals surface area contributed by atoms with E-state index in [4.69, 9.17) is 9.47 Å². The van der Waals surface area contributed by atoms with Gasteiger partial charge >= 0.3 is 0 Å². The average molecular weight is 400 g/mol. The van der Waals surface area contributed by atoms with Gasteiger partial charge in [0.15, 0.2) is 0 Å². The van der Waals surface area contributed by atoms with E-state index in [1.54, 1.807) is 13.2 Å². The zero-order valence-electron chi connectivity index (χ0n) is 17.4. The van der Waals surface area contributed by atoms with E-state index < -0.39 is 0 Å². The van der Waals surface area contributed by atoms with Crippen molar-refractivity contribution >= 4 is 23.5 Å². The molecule has 0 unspecified atom stereocenters. The minimum absolute atomic E-state index is 0.293. The van der Waals surface area contributed by atoms with Crippen molar-refractivity contribution in [3.05, 3.63) is 35.2 Å². The average Bonchev–Trinajstić information content (AvgIpc) is 2.71. The van der Waals surface area contributed by atoms with Gasteiger partial charge in [0, 0.05) is 45.6 Å². The van der Waals surface area contributed by atoms with E-state index in [9.17, 15) is 4.79 Å². The Morgan fingerprint density at radius 2 is 1.97 bits per heavy atom. The van der Waals surface area contributed by atoms with Gasteiger partial charge in [-0.15, -0.1) is 0 Å². The summed E-state index contributed by atoms with van der Waals surface area (Å²) >= 11 is 0. The van der Waals surface area contributed by atoms with Crippen LogP contribution in [0.5, 0.6) is 0 Å². The highest BCUT2D eigenvalue weighted by molar-refractivity contribution is 6.03. The maximum Gasteiger partial charge on any atom is 0.275 e. The number of morpholine rings is 1. The highest BCUT2D eigenvalue weighted by atomic mass is 16.5. The summed E-state index contributed by atoms with van der Waals surface area (Å²) in [6.45, 7) is 7.66. The van der Waals surface area contributed by atoms with E-state index in [0.717, 1.165) is 11.3 Å². The third-order valence-electron chi connectivity index (χ3n) is 4.59. The third-order valence-corrected chi connectivity index (χ3v) is 4.59. The summed E-state index contributed by atoms with van der Waals surface area (Å²) in [5, 5.41) is 2.85. The lowest BCUT2D eigenvalue weighted by Gasteiger charge is -2.28. The second-order valence-corrected chi connectivity index (χ2v) is 7.05. The first-order valence-corrected chi connectivity index (χ1v) is 9.65. The summed E-state index contributed by atoms with van der Waals surface area (Å²) in [6.07, 6.45) is 0. The van der Waals surface area contributed by atoms with E-state index in [1.807, 2.05) is 42.8 Å². The summed E-state index contributed by atoms with van der Waals surface area (Å²) in [5.74, 6) is 1.37. The number of hydrogen-bond acceptors (Lipinski definition) is 8. The highest BCUT2D eigenvalue weighted by Gasteiger charge is 2.20. The topological polar surface area (TPSA) is 92.7 Å². The minimum Gasteiger partial charge on any atom is -0.383 e. The molecule has 0 spiro atoms. The summed E-state index contributed by atoms with van der Waals surface area (Å²) in [7, 11) is 3.57. The number of pyridine rings is 1. The van der Waals surface area contributed by atoms with Crippen LogP contribution in [0.2, 0.25) is 0 Å². The van der Waals surface area contributed by atoms with Crippen molar-refractivity contribution in [2.75, 3.05) is 68.7 Å². The fourth-order valence-corrected chi connectivity index (χ4v) is 3.07. The van der Waals surface area contributed by atoms with Crippen LogP contribution >= 0.6 is 0 Å². The Hall–Kier alpha value is -2.78. The fourth-order valence-electron chi connectivity index (χ4n) is 3.07. The number of amides is 1. The van der Waals surface area contributed by atoms with E-state index in [1.165, 1.54) is 0 Å². The Morgan fingerprint density at radius 1 is 1.21 bits per heavy atom. The van der Waals surface area contributed by atoms with Crippen molar-refractivity contribution in [3.8, 4) is 0 Å². The number of ether oxygens (including phenoxy) is 2. The summed E-state index contributed by atoms with van der Waals surface area (Å²) in [4.78, 5) is 30.5. The smallest absolute Gasteiger partial charge is 0.275 e. The molecule has 3 rings (SSSR count). The number of carbonyl (C=O) groups excluding carboxylic acids is 1. The van der Waals surface area contributed by atoms with Crippen molar-refractivity contribution < 1.29 is 14.3 Å². The molecular weight excluding hydrogens is 372 g/mol. The van der Waals surface area contributed by atoms with Crippen molar-refractivity contribution in [2.24, 2.45) is 0 Å². The van der Waals surface area contributed by atoms with Crippen LogP contribution in [0.3, 0.4) is 0 Å². The Bertz CT molecular complexity index is 834. The molecule has 1 aliphatic rings. The standard InChI is InChI=1S/C20H28N6O3/c1-14-11-15(2)21-17(12-14)23-19(27)16-13-18(25(3)5-8-28-4)24-20(22-16)26-6-9-29-10-7-26/h11-13H,5-10H2,1-4H3,(H,21,23,27). The molecule has 1 N–H and O–H groups in total. The number of carbonyl (C=O) groups is 1. The third kappa shape index (κ3) is 5.61. The number of aromatic nitrogens is 3. The predicted octanol–water partition coefficient (Wildman–Crippen LogP) is 1.66. The van der Waals surface area contributed by atoms with Crippen LogP contribution in [0.15, 0.2) is 18.2 Å². The number of methoxy groups -OCH3 is 1. The Morgan fingerprint density at radius 3 is 2.66 bits per heavy atom. The van der Waals surface area contributed by atoms with Crippen LogP contribution in [-0.4, -0.2) is 74.5 Å². The van der Waals surface area contributed by atoms with E-state index in [2.05, 4.69) is 20.3 Å². The van der Waals surface area contributed by atoms with Gasteiger partial charge in [0.05, 0.1) is 19.8 Å².